The lowest BCUT2D eigenvalue weighted by molar-refractivity contribution is 0.102. The largest absolute Gasteiger partial charge is 0.328 e. The summed E-state index contributed by atoms with van der Waals surface area (Å²) in [6.45, 7) is 1.01. The lowest BCUT2D eigenvalue weighted by atomic mass is 10.1. The van der Waals surface area contributed by atoms with Crippen LogP contribution in [-0.2, 0) is 13.0 Å². The molecule has 0 spiro atoms. The van der Waals surface area contributed by atoms with E-state index in [-0.39, 0.29) is 5.91 Å². The first-order valence-electron chi connectivity index (χ1n) is 9.94. The number of hydrogen-bond acceptors (Lipinski definition) is 3. The monoisotopic (exact) mass is 417 g/mol. The number of amides is 1. The number of carbonyl (C=O) groups excluding carboxylic acids is 1. The minimum atomic E-state index is -0.214. The second-order valence-electron chi connectivity index (χ2n) is 7.37. The average Bonchev–Trinajstić information content (AvgIpc) is 3.42. The summed E-state index contributed by atoms with van der Waals surface area (Å²) in [6, 6.07) is 15.1. The highest BCUT2D eigenvalue weighted by atomic mass is 35.5. The highest BCUT2D eigenvalue weighted by Crippen LogP contribution is 2.25. The molecule has 0 aliphatic carbocycles. The molecule has 0 atom stereocenters. The molecule has 3 heterocycles. The topological polar surface area (TPSA) is 64.7 Å². The van der Waals surface area contributed by atoms with E-state index in [0.717, 1.165) is 35.7 Å². The van der Waals surface area contributed by atoms with E-state index in [1.54, 1.807) is 29.2 Å². The number of aryl methyl sites for hydroxylation is 1. The van der Waals surface area contributed by atoms with E-state index in [0.29, 0.717) is 10.6 Å². The quantitative estimate of drug-likeness (QED) is 0.509. The van der Waals surface area contributed by atoms with E-state index < -0.39 is 0 Å². The van der Waals surface area contributed by atoms with Crippen molar-refractivity contribution in [3.63, 3.8) is 0 Å². The number of aromatic nitrogens is 4. The van der Waals surface area contributed by atoms with E-state index in [1.165, 1.54) is 18.5 Å². The van der Waals surface area contributed by atoms with Crippen LogP contribution in [0.3, 0.4) is 0 Å². The molecule has 1 aliphatic rings. The molecule has 5 rings (SSSR count). The highest BCUT2D eigenvalue weighted by molar-refractivity contribution is 6.30. The van der Waals surface area contributed by atoms with Crippen LogP contribution in [0, 0.1) is 0 Å². The summed E-state index contributed by atoms with van der Waals surface area (Å²) in [5, 5.41) is 7.81. The number of fused-ring (bicyclic) bond motifs is 1. The number of imidazole rings is 1. The van der Waals surface area contributed by atoms with Gasteiger partial charge >= 0.3 is 0 Å². The third-order valence-corrected chi connectivity index (χ3v) is 5.56. The van der Waals surface area contributed by atoms with Crippen LogP contribution in [0.25, 0.3) is 17.1 Å². The van der Waals surface area contributed by atoms with Gasteiger partial charge in [0.15, 0.2) is 0 Å². The number of carbonyl (C=O) groups is 1. The first kappa shape index (κ1) is 18.6. The standard InChI is InChI=1S/C23H20ClN5O/c24-18-4-3-6-20(12-18)29-15-17(13-26-29)23(30)27-19-9-7-16(8-10-19)22-25-14-21-5-1-2-11-28(21)22/h3-4,6-10,12-15H,1-2,5,11H2,(H,27,30). The Hall–Kier alpha value is -3.38. The maximum Gasteiger partial charge on any atom is 0.258 e. The molecule has 150 valence electrons. The van der Waals surface area contributed by atoms with Crippen molar-refractivity contribution < 1.29 is 4.79 Å². The number of nitrogens with zero attached hydrogens (tertiary/aromatic N) is 4. The van der Waals surface area contributed by atoms with Gasteiger partial charge in [0.05, 0.1) is 17.4 Å². The third kappa shape index (κ3) is 3.62. The van der Waals surface area contributed by atoms with Crippen LogP contribution in [0.2, 0.25) is 5.02 Å². The molecule has 0 fully saturated rings. The van der Waals surface area contributed by atoms with Gasteiger partial charge in [-0.1, -0.05) is 17.7 Å². The van der Waals surface area contributed by atoms with Gasteiger partial charge in [-0.2, -0.15) is 5.10 Å². The molecular formula is C23H20ClN5O. The Morgan fingerprint density at radius 1 is 1.07 bits per heavy atom. The van der Waals surface area contributed by atoms with Crippen molar-refractivity contribution in [3.8, 4) is 17.1 Å². The Bertz CT molecular complexity index is 1210. The molecule has 2 aromatic heterocycles. The maximum absolute atomic E-state index is 12.6. The lowest BCUT2D eigenvalue weighted by Crippen LogP contribution is -2.11. The first-order chi connectivity index (χ1) is 14.7. The van der Waals surface area contributed by atoms with Gasteiger partial charge in [0, 0.05) is 40.9 Å². The molecule has 0 bridgehead atoms. The molecule has 2 aromatic carbocycles. The van der Waals surface area contributed by atoms with Gasteiger partial charge in [-0.3, -0.25) is 4.79 Å². The minimum absolute atomic E-state index is 0.214. The highest BCUT2D eigenvalue weighted by Gasteiger charge is 2.15. The van der Waals surface area contributed by atoms with Crippen molar-refractivity contribution in [1.29, 1.82) is 0 Å². The van der Waals surface area contributed by atoms with E-state index in [9.17, 15) is 4.79 Å². The Labute approximate surface area is 179 Å². The predicted molar refractivity (Wildman–Crippen MR) is 117 cm³/mol. The van der Waals surface area contributed by atoms with Crippen molar-refractivity contribution in [2.45, 2.75) is 25.8 Å². The second-order valence-corrected chi connectivity index (χ2v) is 7.80. The number of anilines is 1. The summed E-state index contributed by atoms with van der Waals surface area (Å²) < 4.78 is 3.92. The molecule has 0 saturated carbocycles. The number of hydrogen-bond donors (Lipinski definition) is 1. The summed E-state index contributed by atoms with van der Waals surface area (Å²) in [5.41, 5.74) is 4.35. The Balaban J connectivity index is 1.31. The fraction of sp³-hybridized carbons (Fsp3) is 0.174. The summed E-state index contributed by atoms with van der Waals surface area (Å²) in [7, 11) is 0. The Morgan fingerprint density at radius 2 is 1.93 bits per heavy atom. The smallest absolute Gasteiger partial charge is 0.258 e. The van der Waals surface area contributed by atoms with Crippen LogP contribution in [0.1, 0.15) is 28.9 Å². The number of benzene rings is 2. The molecule has 4 aromatic rings. The first-order valence-corrected chi connectivity index (χ1v) is 10.3. The van der Waals surface area contributed by atoms with E-state index >= 15 is 0 Å². The fourth-order valence-corrected chi connectivity index (χ4v) is 3.96. The fourth-order valence-electron chi connectivity index (χ4n) is 3.77. The van der Waals surface area contributed by atoms with Crippen LogP contribution in [0.5, 0.6) is 0 Å². The lowest BCUT2D eigenvalue weighted by Gasteiger charge is -2.16. The van der Waals surface area contributed by atoms with Gasteiger partial charge < -0.3 is 9.88 Å². The number of halogens is 1. The molecule has 0 saturated heterocycles. The molecule has 7 heteroatoms. The van der Waals surface area contributed by atoms with Gasteiger partial charge in [0.1, 0.15) is 5.82 Å². The summed E-state index contributed by atoms with van der Waals surface area (Å²) in [6.07, 6.45) is 8.71. The van der Waals surface area contributed by atoms with Crippen LogP contribution in [-0.4, -0.2) is 25.2 Å². The van der Waals surface area contributed by atoms with Crippen LogP contribution in [0.15, 0.2) is 67.1 Å². The van der Waals surface area contributed by atoms with Crippen molar-refractivity contribution in [2.24, 2.45) is 0 Å². The molecule has 1 N–H and O–H groups in total. The van der Waals surface area contributed by atoms with E-state index in [2.05, 4.69) is 20.0 Å². The predicted octanol–water partition coefficient (Wildman–Crippen LogP) is 4.98. The molecule has 30 heavy (non-hydrogen) atoms. The third-order valence-electron chi connectivity index (χ3n) is 5.32. The van der Waals surface area contributed by atoms with Crippen molar-refractivity contribution in [2.75, 3.05) is 5.32 Å². The van der Waals surface area contributed by atoms with Gasteiger partial charge in [0.2, 0.25) is 0 Å². The van der Waals surface area contributed by atoms with E-state index in [1.807, 2.05) is 42.6 Å². The SMILES string of the molecule is O=C(Nc1ccc(-c2ncc3n2CCCC3)cc1)c1cnn(-c2cccc(Cl)c2)c1. The van der Waals surface area contributed by atoms with Crippen molar-refractivity contribution in [1.82, 2.24) is 19.3 Å². The normalized spacial score (nSPS) is 13.1. The minimum Gasteiger partial charge on any atom is -0.328 e. The molecule has 1 aliphatic heterocycles. The summed E-state index contributed by atoms with van der Waals surface area (Å²) in [4.78, 5) is 17.2. The number of rotatable bonds is 4. The van der Waals surface area contributed by atoms with E-state index in [4.69, 9.17) is 11.6 Å². The molecule has 0 radical (unpaired) electrons. The second kappa shape index (κ2) is 7.80. The summed E-state index contributed by atoms with van der Waals surface area (Å²) in [5.74, 6) is 0.777. The zero-order valence-electron chi connectivity index (χ0n) is 16.3. The van der Waals surface area contributed by atoms with Gasteiger partial charge in [-0.15, -0.1) is 0 Å². The zero-order valence-corrected chi connectivity index (χ0v) is 17.0. The van der Waals surface area contributed by atoms with Crippen LogP contribution in [0.4, 0.5) is 5.69 Å². The Morgan fingerprint density at radius 3 is 2.77 bits per heavy atom. The maximum atomic E-state index is 12.6. The molecule has 1 amide bonds. The molecule has 6 nitrogen and oxygen atoms in total. The zero-order chi connectivity index (χ0) is 20.5. The van der Waals surface area contributed by atoms with Crippen molar-refractivity contribution in [3.05, 3.63) is 83.4 Å². The van der Waals surface area contributed by atoms with Crippen LogP contribution >= 0.6 is 11.6 Å². The molecule has 0 unspecified atom stereocenters. The van der Waals surface area contributed by atoms with Crippen LogP contribution < -0.4 is 5.32 Å². The van der Waals surface area contributed by atoms with Gasteiger partial charge in [0.25, 0.3) is 5.91 Å². The van der Waals surface area contributed by atoms with Gasteiger partial charge in [-0.05, 0) is 61.7 Å². The van der Waals surface area contributed by atoms with Crippen molar-refractivity contribution >= 4 is 23.2 Å². The number of nitrogens with one attached hydrogen (secondary N) is 1. The van der Waals surface area contributed by atoms with Gasteiger partial charge in [-0.25, -0.2) is 9.67 Å². The Kier molecular flexibility index (Phi) is 4.85. The summed E-state index contributed by atoms with van der Waals surface area (Å²) >= 11 is 6.03. The average molecular weight is 418 g/mol. The molecular weight excluding hydrogens is 398 g/mol.